The van der Waals surface area contributed by atoms with Crippen molar-refractivity contribution < 1.29 is 4.79 Å². The number of rotatable bonds is 4. The zero-order chi connectivity index (χ0) is 20.6. The summed E-state index contributed by atoms with van der Waals surface area (Å²) in [5, 5.41) is 1.68. The minimum absolute atomic E-state index is 0.198. The minimum Gasteiger partial charge on any atom is -0.329 e. The van der Waals surface area contributed by atoms with Gasteiger partial charge >= 0.3 is 0 Å². The third-order valence-corrected chi connectivity index (χ3v) is 5.46. The van der Waals surface area contributed by atoms with Crippen molar-refractivity contribution in [1.29, 1.82) is 0 Å². The number of carbonyl (C=O) groups is 1. The van der Waals surface area contributed by atoms with Gasteiger partial charge < -0.3 is 4.90 Å². The number of aromatic nitrogens is 2. The highest BCUT2D eigenvalue weighted by Gasteiger charge is 2.26. The van der Waals surface area contributed by atoms with Gasteiger partial charge in [0.05, 0.1) is 27.5 Å². The third kappa shape index (κ3) is 3.75. The van der Waals surface area contributed by atoms with E-state index in [2.05, 4.69) is 4.98 Å². The van der Waals surface area contributed by atoms with Crippen LogP contribution in [0.4, 0.5) is 0 Å². The van der Waals surface area contributed by atoms with Crippen LogP contribution in [0.1, 0.15) is 36.1 Å². The number of carbonyl (C=O) groups excluding carboxylic acids is 1. The first-order valence-electron chi connectivity index (χ1n) is 8.66. The molecular formula is C20H18Cl3N3O2. The van der Waals surface area contributed by atoms with E-state index in [4.69, 9.17) is 34.8 Å². The van der Waals surface area contributed by atoms with Crippen LogP contribution in [0.15, 0.2) is 41.2 Å². The number of amides is 1. The zero-order valence-electron chi connectivity index (χ0n) is 15.5. The molecule has 1 unspecified atom stereocenters. The van der Waals surface area contributed by atoms with Crippen LogP contribution in [0, 0.1) is 0 Å². The van der Waals surface area contributed by atoms with Crippen LogP contribution < -0.4 is 5.56 Å². The summed E-state index contributed by atoms with van der Waals surface area (Å²) in [6, 6.07) is 9.22. The molecule has 8 heteroatoms. The van der Waals surface area contributed by atoms with Crippen molar-refractivity contribution >= 4 is 51.6 Å². The lowest BCUT2D eigenvalue weighted by molar-refractivity contribution is 0.0692. The molecule has 0 radical (unpaired) electrons. The smallest absolute Gasteiger partial charge is 0.261 e. The summed E-state index contributed by atoms with van der Waals surface area (Å²) in [5.74, 6) is 0.192. The Morgan fingerprint density at radius 1 is 1.14 bits per heavy atom. The summed E-state index contributed by atoms with van der Waals surface area (Å²) >= 11 is 18.2. The number of benzene rings is 2. The second kappa shape index (κ2) is 8.11. The molecule has 1 amide bonds. The summed E-state index contributed by atoms with van der Waals surface area (Å²) in [7, 11) is 1.64. The van der Waals surface area contributed by atoms with Crippen LogP contribution in [0.25, 0.3) is 10.9 Å². The molecule has 3 aromatic rings. The number of halogens is 3. The van der Waals surface area contributed by atoms with E-state index >= 15 is 0 Å². The minimum atomic E-state index is -0.467. The lowest BCUT2D eigenvalue weighted by Gasteiger charge is -2.29. The van der Waals surface area contributed by atoms with Gasteiger partial charge in [-0.15, -0.1) is 0 Å². The van der Waals surface area contributed by atoms with Gasteiger partial charge in [0.2, 0.25) is 0 Å². The van der Waals surface area contributed by atoms with Crippen molar-refractivity contribution in [3.8, 4) is 0 Å². The molecule has 1 heterocycles. The largest absolute Gasteiger partial charge is 0.329 e. The molecule has 0 aliphatic rings. The van der Waals surface area contributed by atoms with E-state index in [0.717, 1.165) is 0 Å². The Kier molecular flexibility index (Phi) is 5.98. The number of hydrogen-bond donors (Lipinski definition) is 0. The van der Waals surface area contributed by atoms with Gasteiger partial charge in [0.15, 0.2) is 0 Å². The van der Waals surface area contributed by atoms with Crippen molar-refractivity contribution in [3.63, 3.8) is 0 Å². The summed E-state index contributed by atoms with van der Waals surface area (Å²) in [6.45, 7) is 4.08. The van der Waals surface area contributed by atoms with Gasteiger partial charge in [0, 0.05) is 23.6 Å². The van der Waals surface area contributed by atoms with Gasteiger partial charge in [-0.25, -0.2) is 4.98 Å². The maximum Gasteiger partial charge on any atom is 0.261 e. The molecule has 0 bridgehead atoms. The molecule has 3 rings (SSSR count). The van der Waals surface area contributed by atoms with Gasteiger partial charge in [-0.2, -0.15) is 0 Å². The molecule has 28 heavy (non-hydrogen) atoms. The topological polar surface area (TPSA) is 55.2 Å². The summed E-state index contributed by atoms with van der Waals surface area (Å²) in [5.41, 5.74) is 0.635. The maximum absolute atomic E-state index is 13.1. The van der Waals surface area contributed by atoms with Crippen LogP contribution in [0.2, 0.25) is 15.1 Å². The van der Waals surface area contributed by atoms with Crippen molar-refractivity contribution in [2.24, 2.45) is 7.05 Å². The van der Waals surface area contributed by atoms with Crippen molar-refractivity contribution in [2.75, 3.05) is 6.54 Å². The highest BCUT2D eigenvalue weighted by molar-refractivity contribution is 6.36. The average molecular weight is 439 g/mol. The second-order valence-corrected chi connectivity index (χ2v) is 7.67. The highest BCUT2D eigenvalue weighted by atomic mass is 35.5. The first-order valence-corrected chi connectivity index (χ1v) is 9.80. The third-order valence-electron chi connectivity index (χ3n) is 4.68. The van der Waals surface area contributed by atoms with Gasteiger partial charge in [-0.3, -0.25) is 14.2 Å². The van der Waals surface area contributed by atoms with E-state index in [1.165, 1.54) is 10.6 Å². The maximum atomic E-state index is 13.1. The molecule has 2 aromatic carbocycles. The predicted molar refractivity (Wildman–Crippen MR) is 114 cm³/mol. The Morgan fingerprint density at radius 3 is 2.43 bits per heavy atom. The monoisotopic (exact) mass is 437 g/mol. The molecule has 0 saturated carbocycles. The molecule has 1 atom stereocenters. The molecule has 146 valence electrons. The predicted octanol–water partition coefficient (Wildman–Crippen LogP) is 5.12. The Hall–Kier alpha value is -2.08. The number of fused-ring (bicyclic) bond motifs is 1. The fourth-order valence-electron chi connectivity index (χ4n) is 3.19. The fourth-order valence-corrected chi connectivity index (χ4v) is 3.84. The standard InChI is InChI=1S/C20H18Cl3N3O2/c1-4-26(20(28)14-7-5-12(21)9-16(14)23)11(2)18-24-17-10-13(22)6-8-15(17)19(27)25(18)3/h5-11H,4H2,1-3H3. The van der Waals surface area contributed by atoms with Crippen LogP contribution in [0.3, 0.4) is 0 Å². The highest BCUT2D eigenvalue weighted by Crippen LogP contribution is 2.27. The summed E-state index contributed by atoms with van der Waals surface area (Å²) in [4.78, 5) is 32.1. The molecule has 0 aliphatic heterocycles. The summed E-state index contributed by atoms with van der Waals surface area (Å²) < 4.78 is 1.46. The van der Waals surface area contributed by atoms with E-state index in [0.29, 0.717) is 38.9 Å². The van der Waals surface area contributed by atoms with Gasteiger partial charge in [0.1, 0.15) is 5.82 Å². The Bertz CT molecular complexity index is 1130. The molecule has 5 nitrogen and oxygen atoms in total. The lowest BCUT2D eigenvalue weighted by atomic mass is 10.1. The quantitative estimate of drug-likeness (QED) is 0.568. The zero-order valence-corrected chi connectivity index (χ0v) is 17.8. The Morgan fingerprint density at radius 2 is 1.79 bits per heavy atom. The molecule has 0 spiro atoms. The average Bonchev–Trinajstić information content (AvgIpc) is 2.64. The SMILES string of the molecule is CCN(C(=O)c1ccc(Cl)cc1Cl)C(C)c1nc2cc(Cl)ccc2c(=O)n1C. The molecular weight excluding hydrogens is 421 g/mol. The first kappa shape index (κ1) is 20.6. The van der Waals surface area contributed by atoms with E-state index in [9.17, 15) is 9.59 Å². The van der Waals surface area contributed by atoms with E-state index in [1.54, 1.807) is 42.3 Å². The summed E-state index contributed by atoms with van der Waals surface area (Å²) in [6.07, 6.45) is 0. The normalized spacial score (nSPS) is 12.2. The van der Waals surface area contributed by atoms with Gasteiger partial charge in [-0.05, 0) is 50.2 Å². The van der Waals surface area contributed by atoms with E-state index in [-0.39, 0.29) is 16.5 Å². The van der Waals surface area contributed by atoms with Crippen LogP contribution >= 0.6 is 34.8 Å². The molecule has 0 fully saturated rings. The Balaban J connectivity index is 2.08. The number of nitrogens with zero attached hydrogens (tertiary/aromatic N) is 3. The van der Waals surface area contributed by atoms with Gasteiger partial charge in [-0.1, -0.05) is 34.8 Å². The van der Waals surface area contributed by atoms with E-state index < -0.39 is 6.04 Å². The first-order chi connectivity index (χ1) is 13.2. The van der Waals surface area contributed by atoms with Crippen LogP contribution in [-0.2, 0) is 7.05 Å². The van der Waals surface area contributed by atoms with Gasteiger partial charge in [0.25, 0.3) is 11.5 Å². The van der Waals surface area contributed by atoms with Crippen LogP contribution in [-0.4, -0.2) is 26.9 Å². The molecule has 1 aromatic heterocycles. The van der Waals surface area contributed by atoms with E-state index in [1.807, 2.05) is 13.8 Å². The fraction of sp³-hybridized carbons (Fsp3) is 0.250. The van der Waals surface area contributed by atoms with Crippen molar-refractivity contribution in [2.45, 2.75) is 19.9 Å². The second-order valence-electron chi connectivity index (χ2n) is 6.39. The van der Waals surface area contributed by atoms with Crippen LogP contribution in [0.5, 0.6) is 0 Å². The number of hydrogen-bond acceptors (Lipinski definition) is 3. The Labute approximate surface area is 177 Å². The van der Waals surface area contributed by atoms with Crippen molar-refractivity contribution in [3.05, 3.63) is 73.2 Å². The molecule has 0 saturated heterocycles. The molecule has 0 aliphatic carbocycles. The van der Waals surface area contributed by atoms with Crippen molar-refractivity contribution in [1.82, 2.24) is 14.5 Å². The molecule has 0 N–H and O–H groups in total. The lowest BCUT2D eigenvalue weighted by Crippen LogP contribution is -2.37.